The van der Waals surface area contributed by atoms with Crippen molar-refractivity contribution in [3.8, 4) is 5.69 Å². The summed E-state index contributed by atoms with van der Waals surface area (Å²) in [6.45, 7) is 4.42. The summed E-state index contributed by atoms with van der Waals surface area (Å²) in [5, 5.41) is 1.04. The molecule has 3 aromatic rings. The first-order chi connectivity index (χ1) is 14.9. The summed E-state index contributed by atoms with van der Waals surface area (Å²) in [7, 11) is 0. The Kier molecular flexibility index (Phi) is 6.05. The Hall–Kier alpha value is -2.80. The van der Waals surface area contributed by atoms with Gasteiger partial charge in [-0.05, 0) is 69.3 Å². The monoisotopic (exact) mass is 430 g/mol. The van der Waals surface area contributed by atoms with E-state index in [0.717, 1.165) is 54.7 Å². The zero-order valence-corrected chi connectivity index (χ0v) is 17.4. The SMILES string of the molecule is CCOC(=O)C1CCN(Cc2cc3ccccc3n2-c2ccc(C(F)(F)F)cc2)CC1. The van der Waals surface area contributed by atoms with Crippen molar-refractivity contribution in [2.24, 2.45) is 5.92 Å². The van der Waals surface area contributed by atoms with E-state index in [1.54, 1.807) is 0 Å². The highest BCUT2D eigenvalue weighted by Crippen LogP contribution is 2.32. The van der Waals surface area contributed by atoms with E-state index in [-0.39, 0.29) is 11.9 Å². The summed E-state index contributed by atoms with van der Waals surface area (Å²) in [5.41, 5.74) is 2.01. The highest BCUT2D eigenvalue weighted by molar-refractivity contribution is 5.83. The average Bonchev–Trinajstić information content (AvgIpc) is 3.11. The normalized spacial score (nSPS) is 16.0. The molecule has 4 nitrogen and oxygen atoms in total. The fourth-order valence-corrected chi connectivity index (χ4v) is 4.25. The van der Waals surface area contributed by atoms with Crippen LogP contribution in [0.25, 0.3) is 16.6 Å². The van der Waals surface area contributed by atoms with Crippen molar-refractivity contribution < 1.29 is 22.7 Å². The third-order valence-electron chi connectivity index (χ3n) is 5.83. The molecule has 31 heavy (non-hydrogen) atoms. The molecule has 2 aromatic carbocycles. The maximum atomic E-state index is 13.0. The topological polar surface area (TPSA) is 34.5 Å². The van der Waals surface area contributed by atoms with Gasteiger partial charge in [-0.25, -0.2) is 0 Å². The Morgan fingerprint density at radius 2 is 1.74 bits per heavy atom. The molecule has 0 aliphatic carbocycles. The Morgan fingerprint density at radius 1 is 1.06 bits per heavy atom. The molecule has 1 aliphatic rings. The lowest BCUT2D eigenvalue weighted by atomic mass is 9.97. The predicted molar refractivity (Wildman–Crippen MR) is 113 cm³/mol. The first-order valence-electron chi connectivity index (χ1n) is 10.5. The fraction of sp³-hybridized carbons (Fsp3) is 0.375. The molecule has 1 aromatic heterocycles. The second kappa shape index (κ2) is 8.75. The molecule has 0 radical (unpaired) electrons. The van der Waals surface area contributed by atoms with Crippen molar-refractivity contribution >= 4 is 16.9 Å². The van der Waals surface area contributed by atoms with Gasteiger partial charge in [0.25, 0.3) is 0 Å². The average molecular weight is 430 g/mol. The van der Waals surface area contributed by atoms with Crippen LogP contribution in [0.15, 0.2) is 54.6 Å². The summed E-state index contributed by atoms with van der Waals surface area (Å²) in [4.78, 5) is 14.3. The van der Waals surface area contributed by atoms with Crippen LogP contribution in [-0.2, 0) is 22.3 Å². The van der Waals surface area contributed by atoms with E-state index < -0.39 is 11.7 Å². The number of alkyl halides is 3. The molecule has 1 aliphatic heterocycles. The van der Waals surface area contributed by atoms with Gasteiger partial charge < -0.3 is 9.30 Å². The Morgan fingerprint density at radius 3 is 2.39 bits per heavy atom. The van der Waals surface area contributed by atoms with Crippen LogP contribution in [-0.4, -0.2) is 35.1 Å². The first-order valence-corrected chi connectivity index (χ1v) is 10.5. The van der Waals surface area contributed by atoms with Gasteiger partial charge >= 0.3 is 12.1 Å². The molecule has 0 bridgehead atoms. The standard InChI is InChI=1S/C24H25F3N2O2/c1-2-31-23(30)17-11-13-28(14-12-17)16-21-15-18-5-3-4-6-22(18)29(21)20-9-7-19(8-10-20)24(25,26)27/h3-10,15,17H,2,11-14,16H2,1H3. The van der Waals surface area contributed by atoms with Crippen LogP contribution in [0, 0.1) is 5.92 Å². The number of nitrogens with zero attached hydrogens (tertiary/aromatic N) is 2. The lowest BCUT2D eigenvalue weighted by molar-refractivity contribution is -0.149. The number of ether oxygens (including phenoxy) is 1. The van der Waals surface area contributed by atoms with Gasteiger partial charge in [-0.3, -0.25) is 9.69 Å². The van der Waals surface area contributed by atoms with E-state index in [1.165, 1.54) is 12.1 Å². The zero-order valence-electron chi connectivity index (χ0n) is 17.4. The Labute approximate surface area is 179 Å². The molecule has 0 atom stereocenters. The molecule has 1 fully saturated rings. The highest BCUT2D eigenvalue weighted by atomic mass is 19.4. The van der Waals surface area contributed by atoms with Gasteiger partial charge in [0, 0.05) is 23.3 Å². The molecule has 4 rings (SSSR count). The van der Waals surface area contributed by atoms with E-state index in [9.17, 15) is 18.0 Å². The van der Waals surface area contributed by atoms with Crippen LogP contribution in [0.1, 0.15) is 31.0 Å². The maximum Gasteiger partial charge on any atom is 0.416 e. The number of aromatic nitrogens is 1. The first kappa shape index (κ1) is 21.4. The number of hydrogen-bond acceptors (Lipinski definition) is 3. The molecular formula is C24H25F3N2O2. The molecule has 164 valence electrons. The van der Waals surface area contributed by atoms with Gasteiger partial charge in [0.05, 0.1) is 23.6 Å². The van der Waals surface area contributed by atoms with Gasteiger partial charge in [-0.2, -0.15) is 13.2 Å². The molecule has 0 saturated carbocycles. The fourth-order valence-electron chi connectivity index (χ4n) is 4.25. The maximum absolute atomic E-state index is 13.0. The van der Waals surface area contributed by atoms with Crippen LogP contribution in [0.4, 0.5) is 13.2 Å². The van der Waals surface area contributed by atoms with E-state index in [1.807, 2.05) is 35.8 Å². The van der Waals surface area contributed by atoms with Crippen LogP contribution >= 0.6 is 0 Å². The molecule has 1 saturated heterocycles. The van der Waals surface area contributed by atoms with Crippen molar-refractivity contribution in [2.75, 3.05) is 19.7 Å². The number of piperidine rings is 1. The molecule has 0 N–H and O–H groups in total. The molecular weight excluding hydrogens is 405 g/mol. The largest absolute Gasteiger partial charge is 0.466 e. The van der Waals surface area contributed by atoms with Crippen molar-refractivity contribution in [1.82, 2.24) is 9.47 Å². The molecule has 7 heteroatoms. The smallest absolute Gasteiger partial charge is 0.416 e. The number of halogens is 3. The van der Waals surface area contributed by atoms with Gasteiger partial charge in [0.1, 0.15) is 0 Å². The van der Waals surface area contributed by atoms with Gasteiger partial charge in [-0.1, -0.05) is 18.2 Å². The van der Waals surface area contributed by atoms with Crippen LogP contribution in [0.2, 0.25) is 0 Å². The van der Waals surface area contributed by atoms with E-state index in [4.69, 9.17) is 4.74 Å². The van der Waals surface area contributed by atoms with Crippen molar-refractivity contribution in [3.63, 3.8) is 0 Å². The summed E-state index contributed by atoms with van der Waals surface area (Å²) < 4.78 is 46.1. The Bertz CT molecular complexity index is 1050. The minimum absolute atomic E-state index is 0.0584. The lowest BCUT2D eigenvalue weighted by Crippen LogP contribution is -2.36. The van der Waals surface area contributed by atoms with E-state index in [2.05, 4.69) is 11.0 Å². The minimum Gasteiger partial charge on any atom is -0.466 e. The van der Waals surface area contributed by atoms with E-state index >= 15 is 0 Å². The highest BCUT2D eigenvalue weighted by Gasteiger charge is 2.30. The van der Waals surface area contributed by atoms with Crippen LogP contribution in [0.3, 0.4) is 0 Å². The summed E-state index contributed by atoms with van der Waals surface area (Å²) in [6.07, 6.45) is -2.86. The molecule has 2 heterocycles. The van der Waals surface area contributed by atoms with Gasteiger partial charge in [0.2, 0.25) is 0 Å². The van der Waals surface area contributed by atoms with Gasteiger partial charge in [0.15, 0.2) is 0 Å². The third kappa shape index (κ3) is 4.61. The number of carbonyl (C=O) groups is 1. The van der Waals surface area contributed by atoms with Crippen molar-refractivity contribution in [2.45, 2.75) is 32.5 Å². The zero-order chi connectivity index (χ0) is 22.0. The van der Waals surface area contributed by atoms with Crippen molar-refractivity contribution in [1.29, 1.82) is 0 Å². The number of carbonyl (C=O) groups excluding carboxylic acids is 1. The van der Waals surface area contributed by atoms with E-state index in [0.29, 0.717) is 18.8 Å². The quantitative estimate of drug-likeness (QED) is 0.507. The number of benzene rings is 2. The minimum atomic E-state index is -4.36. The summed E-state index contributed by atoms with van der Waals surface area (Å²) in [6, 6.07) is 15.2. The third-order valence-corrected chi connectivity index (χ3v) is 5.83. The second-order valence-corrected chi connectivity index (χ2v) is 7.88. The lowest BCUT2D eigenvalue weighted by Gasteiger charge is -2.31. The summed E-state index contributed by atoms with van der Waals surface area (Å²) in [5.74, 6) is -0.182. The molecule has 0 spiro atoms. The number of fused-ring (bicyclic) bond motifs is 1. The second-order valence-electron chi connectivity index (χ2n) is 7.88. The van der Waals surface area contributed by atoms with Crippen LogP contribution < -0.4 is 0 Å². The molecule has 0 unspecified atom stereocenters. The van der Waals surface area contributed by atoms with Crippen LogP contribution in [0.5, 0.6) is 0 Å². The van der Waals surface area contributed by atoms with Gasteiger partial charge in [-0.15, -0.1) is 0 Å². The number of para-hydroxylation sites is 1. The predicted octanol–water partition coefficient (Wildman–Crippen LogP) is 5.42. The number of rotatable bonds is 5. The van der Waals surface area contributed by atoms with Crippen molar-refractivity contribution in [3.05, 3.63) is 65.9 Å². The number of likely N-dealkylation sites (tertiary alicyclic amines) is 1. The summed E-state index contributed by atoms with van der Waals surface area (Å²) >= 11 is 0. The number of hydrogen-bond donors (Lipinski definition) is 0. The molecule has 0 amide bonds. The Balaban J connectivity index is 1.59. The number of esters is 1.